The first-order valence-corrected chi connectivity index (χ1v) is 5.99. The van der Waals surface area contributed by atoms with Gasteiger partial charge in [-0.25, -0.2) is 9.78 Å². The number of hydrogen-bond donors (Lipinski definition) is 3. The number of hydrogen-bond acceptors (Lipinski definition) is 4. The summed E-state index contributed by atoms with van der Waals surface area (Å²) >= 11 is 0. The van der Waals surface area contributed by atoms with E-state index in [0.29, 0.717) is 24.6 Å². The Morgan fingerprint density at radius 2 is 2.53 bits per heavy atom. The maximum Gasteiger partial charge on any atom is 0.320 e. The fraction of sp³-hybridized carbons (Fsp3) is 0.385. The number of anilines is 1. The van der Waals surface area contributed by atoms with Gasteiger partial charge in [0.05, 0.1) is 12.6 Å². The third-order valence-electron chi connectivity index (χ3n) is 2.58. The van der Waals surface area contributed by atoms with Gasteiger partial charge in [-0.2, -0.15) is 0 Å². The monoisotopic (exact) mass is 261 g/mol. The van der Waals surface area contributed by atoms with E-state index in [1.54, 1.807) is 18.3 Å². The minimum atomic E-state index is -0.310. The summed E-state index contributed by atoms with van der Waals surface area (Å²) in [6, 6.07) is 3.09. The second-order valence-corrected chi connectivity index (χ2v) is 4.05. The molecule has 6 heteroatoms. The molecule has 0 bridgehead atoms. The van der Waals surface area contributed by atoms with Crippen LogP contribution in [0.1, 0.15) is 12.0 Å². The number of rotatable bonds is 2. The molecule has 6 nitrogen and oxygen atoms in total. The van der Waals surface area contributed by atoms with Gasteiger partial charge in [0, 0.05) is 18.4 Å². The highest BCUT2D eigenvalue weighted by Crippen LogP contribution is 2.07. The highest BCUT2D eigenvalue weighted by atomic mass is 16.5. The highest BCUT2D eigenvalue weighted by molar-refractivity contribution is 5.88. The van der Waals surface area contributed by atoms with Crippen molar-refractivity contribution < 1.29 is 14.6 Å². The Labute approximate surface area is 111 Å². The molecule has 2 heterocycles. The van der Waals surface area contributed by atoms with Crippen molar-refractivity contribution >= 4 is 11.8 Å². The van der Waals surface area contributed by atoms with Gasteiger partial charge >= 0.3 is 6.03 Å². The third-order valence-corrected chi connectivity index (χ3v) is 2.58. The van der Waals surface area contributed by atoms with Crippen molar-refractivity contribution in [2.75, 3.05) is 25.1 Å². The minimum Gasteiger partial charge on any atom is -0.384 e. The van der Waals surface area contributed by atoms with Crippen molar-refractivity contribution in [1.29, 1.82) is 0 Å². The first-order valence-electron chi connectivity index (χ1n) is 5.99. The molecule has 1 aliphatic heterocycles. The van der Waals surface area contributed by atoms with E-state index in [4.69, 9.17) is 9.84 Å². The van der Waals surface area contributed by atoms with E-state index in [9.17, 15) is 4.79 Å². The number of urea groups is 1. The van der Waals surface area contributed by atoms with Gasteiger partial charge in [0.15, 0.2) is 0 Å². The predicted molar refractivity (Wildman–Crippen MR) is 69.6 cm³/mol. The molecule has 0 aliphatic carbocycles. The molecule has 1 atom stereocenters. The lowest BCUT2D eigenvalue weighted by atomic mass is 10.2. The van der Waals surface area contributed by atoms with Crippen molar-refractivity contribution in [3.63, 3.8) is 0 Å². The SMILES string of the molecule is O=C(Nc1cc(C#CCO)ccn1)NC1CCOC1. The summed E-state index contributed by atoms with van der Waals surface area (Å²) in [6.07, 6.45) is 2.37. The summed E-state index contributed by atoms with van der Waals surface area (Å²) in [5.41, 5.74) is 0.684. The molecule has 1 unspecified atom stereocenters. The molecule has 1 saturated heterocycles. The Morgan fingerprint density at radius 1 is 1.63 bits per heavy atom. The van der Waals surface area contributed by atoms with E-state index < -0.39 is 0 Å². The zero-order chi connectivity index (χ0) is 13.5. The smallest absolute Gasteiger partial charge is 0.320 e. The summed E-state index contributed by atoms with van der Waals surface area (Å²) < 4.78 is 5.17. The van der Waals surface area contributed by atoms with Crippen LogP contribution >= 0.6 is 0 Å². The van der Waals surface area contributed by atoms with Gasteiger partial charge in [-0.05, 0) is 18.6 Å². The van der Waals surface area contributed by atoms with E-state index in [0.717, 1.165) is 6.42 Å². The second kappa shape index (κ2) is 6.73. The van der Waals surface area contributed by atoms with Gasteiger partial charge in [-0.15, -0.1) is 0 Å². The summed E-state index contributed by atoms with van der Waals surface area (Å²) in [7, 11) is 0. The van der Waals surface area contributed by atoms with Gasteiger partial charge in [0.1, 0.15) is 12.4 Å². The molecule has 3 N–H and O–H groups in total. The molecule has 1 fully saturated rings. The molecule has 1 aliphatic rings. The van der Waals surface area contributed by atoms with Crippen molar-refractivity contribution in [3.8, 4) is 11.8 Å². The number of aliphatic hydroxyl groups excluding tert-OH is 1. The lowest BCUT2D eigenvalue weighted by Crippen LogP contribution is -2.38. The van der Waals surface area contributed by atoms with Crippen LogP contribution in [0.5, 0.6) is 0 Å². The topological polar surface area (TPSA) is 83.5 Å². The molecular weight excluding hydrogens is 246 g/mol. The lowest BCUT2D eigenvalue weighted by Gasteiger charge is -2.11. The summed E-state index contributed by atoms with van der Waals surface area (Å²) in [4.78, 5) is 15.7. The average Bonchev–Trinajstić information content (AvgIpc) is 2.89. The first-order chi connectivity index (χ1) is 9.28. The molecule has 0 saturated carbocycles. The molecule has 1 aromatic rings. The summed E-state index contributed by atoms with van der Waals surface area (Å²) in [5, 5.41) is 14.1. The number of nitrogens with zero attached hydrogens (tertiary/aromatic N) is 1. The van der Waals surface area contributed by atoms with Gasteiger partial charge in [0.2, 0.25) is 0 Å². The largest absolute Gasteiger partial charge is 0.384 e. The van der Waals surface area contributed by atoms with Gasteiger partial charge in [-0.1, -0.05) is 11.8 Å². The van der Waals surface area contributed by atoms with E-state index in [1.807, 2.05) is 0 Å². The molecule has 2 amide bonds. The molecule has 0 aromatic carbocycles. The summed E-state index contributed by atoms with van der Waals surface area (Å²) in [6.45, 7) is 1.02. The minimum absolute atomic E-state index is 0.0531. The maximum absolute atomic E-state index is 11.7. The Morgan fingerprint density at radius 3 is 3.26 bits per heavy atom. The quantitative estimate of drug-likeness (QED) is 0.670. The zero-order valence-electron chi connectivity index (χ0n) is 10.3. The number of ether oxygens (including phenoxy) is 1. The van der Waals surface area contributed by atoms with E-state index in [-0.39, 0.29) is 18.7 Å². The highest BCUT2D eigenvalue weighted by Gasteiger charge is 2.17. The number of aromatic nitrogens is 1. The van der Waals surface area contributed by atoms with Crippen LogP contribution in [-0.4, -0.2) is 42.0 Å². The molecular formula is C13H15N3O3. The van der Waals surface area contributed by atoms with Crippen LogP contribution in [0.2, 0.25) is 0 Å². The van der Waals surface area contributed by atoms with Crippen LogP contribution in [0.25, 0.3) is 0 Å². The fourth-order valence-electron chi connectivity index (χ4n) is 1.70. The van der Waals surface area contributed by atoms with Crippen LogP contribution < -0.4 is 10.6 Å². The van der Waals surface area contributed by atoms with Crippen LogP contribution in [0.4, 0.5) is 10.6 Å². The molecule has 0 spiro atoms. The molecule has 0 radical (unpaired) electrons. The average molecular weight is 261 g/mol. The molecule has 1 aromatic heterocycles. The first kappa shape index (κ1) is 13.3. The number of carbonyl (C=O) groups excluding carboxylic acids is 1. The fourth-order valence-corrected chi connectivity index (χ4v) is 1.70. The molecule has 100 valence electrons. The number of aliphatic hydroxyl groups is 1. The Balaban J connectivity index is 1.92. The Kier molecular flexibility index (Phi) is 4.72. The van der Waals surface area contributed by atoms with E-state index >= 15 is 0 Å². The Bertz CT molecular complexity index is 501. The third kappa shape index (κ3) is 4.25. The number of amides is 2. The van der Waals surface area contributed by atoms with E-state index in [1.165, 1.54) is 0 Å². The van der Waals surface area contributed by atoms with Crippen LogP contribution in [-0.2, 0) is 4.74 Å². The number of nitrogens with one attached hydrogen (secondary N) is 2. The van der Waals surface area contributed by atoms with Gasteiger partial charge in [0.25, 0.3) is 0 Å². The van der Waals surface area contributed by atoms with Gasteiger partial charge in [-0.3, -0.25) is 5.32 Å². The summed E-state index contributed by atoms with van der Waals surface area (Å²) in [5.74, 6) is 5.70. The van der Waals surface area contributed by atoms with E-state index in [2.05, 4.69) is 27.5 Å². The molecule has 19 heavy (non-hydrogen) atoms. The maximum atomic E-state index is 11.7. The van der Waals surface area contributed by atoms with Crippen molar-refractivity contribution in [2.45, 2.75) is 12.5 Å². The predicted octanol–water partition coefficient (Wildman–Crippen LogP) is 0.336. The van der Waals surface area contributed by atoms with Crippen LogP contribution in [0.3, 0.4) is 0 Å². The van der Waals surface area contributed by atoms with Gasteiger partial charge < -0.3 is 15.2 Å². The van der Waals surface area contributed by atoms with Crippen LogP contribution in [0.15, 0.2) is 18.3 Å². The van der Waals surface area contributed by atoms with Crippen molar-refractivity contribution in [2.24, 2.45) is 0 Å². The second-order valence-electron chi connectivity index (χ2n) is 4.05. The normalized spacial score (nSPS) is 17.4. The lowest BCUT2D eigenvalue weighted by molar-refractivity contribution is 0.189. The Hall–Kier alpha value is -2.10. The molecule has 2 rings (SSSR count). The number of carbonyl (C=O) groups is 1. The van der Waals surface area contributed by atoms with Crippen LogP contribution in [0, 0.1) is 11.8 Å². The number of pyridine rings is 1. The zero-order valence-corrected chi connectivity index (χ0v) is 10.3. The van der Waals surface area contributed by atoms with Crippen molar-refractivity contribution in [1.82, 2.24) is 10.3 Å². The standard InChI is InChI=1S/C13H15N3O3/c17-6-1-2-10-3-5-14-12(8-10)16-13(18)15-11-4-7-19-9-11/h3,5,8,11,17H,4,6-7,9H2,(H2,14,15,16,18). The van der Waals surface area contributed by atoms with Crippen molar-refractivity contribution in [3.05, 3.63) is 23.9 Å².